The fraction of sp³-hybridized carbons (Fsp3) is 1.00. The standard InChI is InChI=1S/C7H13FO5/c1-12-7-6(11)5(10)4(8)3(2-9)13-7/h3-7,9-11H,2H2,1H3/t3-,4-,5+,6+,7?/m1/s1/i8-1. The van der Waals surface area contributed by atoms with E-state index < -0.39 is 37.4 Å². The van der Waals surface area contributed by atoms with Crippen molar-refractivity contribution in [1.29, 1.82) is 0 Å². The Kier molecular flexibility index (Phi) is 3.57. The number of aliphatic hydroxyl groups excluding tert-OH is 3. The highest BCUT2D eigenvalue weighted by Gasteiger charge is 2.44. The van der Waals surface area contributed by atoms with Gasteiger partial charge in [0.2, 0.25) is 0 Å². The van der Waals surface area contributed by atoms with E-state index in [1.807, 2.05) is 0 Å². The van der Waals surface area contributed by atoms with Crippen LogP contribution in [0, 0.1) is 0 Å². The maximum atomic E-state index is 13.1. The molecular formula is C7H13FO5. The molecule has 5 atom stereocenters. The quantitative estimate of drug-likeness (QED) is 0.495. The summed E-state index contributed by atoms with van der Waals surface area (Å²) in [6.07, 6.45) is -7.06. The molecular weight excluding hydrogens is 182 g/mol. The van der Waals surface area contributed by atoms with Crippen molar-refractivity contribution in [2.45, 2.75) is 30.8 Å². The summed E-state index contributed by atoms with van der Waals surface area (Å²) in [5.74, 6) is 0. The first-order chi connectivity index (χ1) is 6.11. The number of rotatable bonds is 2. The van der Waals surface area contributed by atoms with Crippen molar-refractivity contribution in [2.24, 2.45) is 0 Å². The van der Waals surface area contributed by atoms with Crippen LogP contribution in [0.4, 0.5) is 4.39 Å². The van der Waals surface area contributed by atoms with Crippen LogP contribution in [-0.2, 0) is 9.47 Å². The van der Waals surface area contributed by atoms with Gasteiger partial charge < -0.3 is 24.8 Å². The summed E-state index contributed by atoms with van der Waals surface area (Å²) in [5, 5.41) is 27.0. The lowest BCUT2D eigenvalue weighted by molar-refractivity contribution is -0.283. The van der Waals surface area contributed by atoms with Crippen LogP contribution in [0.3, 0.4) is 0 Å². The Morgan fingerprint density at radius 1 is 1.38 bits per heavy atom. The molecule has 1 aliphatic heterocycles. The molecule has 1 aliphatic rings. The third kappa shape index (κ3) is 1.97. The van der Waals surface area contributed by atoms with E-state index in [9.17, 15) is 9.50 Å². The van der Waals surface area contributed by atoms with Gasteiger partial charge in [-0.3, -0.25) is 0 Å². The second-order valence-corrected chi connectivity index (χ2v) is 2.89. The van der Waals surface area contributed by atoms with Crippen LogP contribution in [0.25, 0.3) is 0 Å². The van der Waals surface area contributed by atoms with Crippen LogP contribution in [-0.4, -0.2) is 59.8 Å². The van der Waals surface area contributed by atoms with Gasteiger partial charge in [-0.05, 0) is 0 Å². The van der Waals surface area contributed by atoms with Crippen molar-refractivity contribution in [1.82, 2.24) is 0 Å². The van der Waals surface area contributed by atoms with Crippen LogP contribution in [0.2, 0.25) is 0 Å². The SMILES string of the molecule is COC1O[C@H](CO)[C@@H]([18F])[C@H](O)[C@@H]1O. The Morgan fingerprint density at radius 2 is 2.00 bits per heavy atom. The topological polar surface area (TPSA) is 79.2 Å². The molecule has 0 aromatic heterocycles. The maximum absolute atomic E-state index is 13.1. The average molecular weight is 195 g/mol. The van der Waals surface area contributed by atoms with Gasteiger partial charge in [0.25, 0.3) is 0 Å². The molecule has 6 heteroatoms. The number of hydrogen-bond donors (Lipinski definition) is 3. The Morgan fingerprint density at radius 3 is 2.46 bits per heavy atom. The lowest BCUT2D eigenvalue weighted by Crippen LogP contribution is -2.57. The molecule has 1 unspecified atom stereocenters. The first-order valence-electron chi connectivity index (χ1n) is 3.91. The van der Waals surface area contributed by atoms with Gasteiger partial charge in [-0.1, -0.05) is 0 Å². The zero-order valence-corrected chi connectivity index (χ0v) is 7.13. The molecule has 13 heavy (non-hydrogen) atoms. The van der Waals surface area contributed by atoms with E-state index in [1.54, 1.807) is 0 Å². The highest BCUT2D eigenvalue weighted by Crippen LogP contribution is 2.23. The molecule has 1 saturated heterocycles. The minimum atomic E-state index is -1.80. The highest BCUT2D eigenvalue weighted by atomic mass is 18.2. The zero-order chi connectivity index (χ0) is 10.0. The van der Waals surface area contributed by atoms with Crippen molar-refractivity contribution < 1.29 is 29.2 Å². The first-order valence-corrected chi connectivity index (χ1v) is 3.91. The van der Waals surface area contributed by atoms with E-state index >= 15 is 0 Å². The van der Waals surface area contributed by atoms with Crippen LogP contribution in [0.15, 0.2) is 0 Å². The van der Waals surface area contributed by atoms with Gasteiger partial charge >= 0.3 is 0 Å². The van der Waals surface area contributed by atoms with Crippen LogP contribution in [0.5, 0.6) is 0 Å². The number of hydrogen-bond acceptors (Lipinski definition) is 5. The predicted molar refractivity (Wildman–Crippen MR) is 39.7 cm³/mol. The second kappa shape index (κ2) is 4.30. The summed E-state index contributed by atoms with van der Waals surface area (Å²) in [5.41, 5.74) is 0. The van der Waals surface area contributed by atoms with E-state index in [0.717, 1.165) is 0 Å². The molecule has 0 aromatic rings. The summed E-state index contributed by atoms with van der Waals surface area (Å²) in [7, 11) is 1.26. The van der Waals surface area contributed by atoms with Crippen LogP contribution >= 0.6 is 0 Å². The first kappa shape index (κ1) is 10.8. The number of ether oxygens (including phenoxy) is 2. The van der Waals surface area contributed by atoms with Gasteiger partial charge in [0, 0.05) is 7.11 Å². The average Bonchev–Trinajstić information content (AvgIpc) is 2.15. The normalized spacial score (nSPS) is 46.4. The largest absolute Gasteiger partial charge is 0.394 e. The second-order valence-electron chi connectivity index (χ2n) is 2.89. The van der Waals surface area contributed by atoms with Crippen molar-refractivity contribution in [3.63, 3.8) is 0 Å². The summed E-state index contributed by atoms with van der Waals surface area (Å²) >= 11 is 0. The third-order valence-corrected chi connectivity index (χ3v) is 2.03. The van der Waals surface area contributed by atoms with Crippen molar-refractivity contribution in [3.05, 3.63) is 0 Å². The molecule has 5 nitrogen and oxygen atoms in total. The minimum Gasteiger partial charge on any atom is -0.394 e. The summed E-state index contributed by atoms with van der Waals surface area (Å²) < 4.78 is 22.5. The van der Waals surface area contributed by atoms with E-state index in [1.165, 1.54) is 7.11 Å². The van der Waals surface area contributed by atoms with Gasteiger partial charge in [0.1, 0.15) is 18.3 Å². The van der Waals surface area contributed by atoms with E-state index in [0.29, 0.717) is 0 Å². The zero-order valence-electron chi connectivity index (χ0n) is 7.13. The summed E-state index contributed by atoms with van der Waals surface area (Å²) in [6, 6.07) is 0. The summed E-state index contributed by atoms with van der Waals surface area (Å²) in [6.45, 7) is -0.565. The molecule has 1 fully saturated rings. The smallest absolute Gasteiger partial charge is 0.186 e. The predicted octanol–water partition coefficient (Wildman–Crippen LogP) is -1.59. The fourth-order valence-electron chi connectivity index (χ4n) is 1.24. The van der Waals surface area contributed by atoms with E-state index in [2.05, 4.69) is 4.74 Å². The Labute approximate surface area is 74.7 Å². The third-order valence-electron chi connectivity index (χ3n) is 2.03. The van der Waals surface area contributed by atoms with Gasteiger partial charge in [-0.15, -0.1) is 0 Å². The van der Waals surface area contributed by atoms with Crippen molar-refractivity contribution in [3.8, 4) is 0 Å². The highest BCUT2D eigenvalue weighted by molar-refractivity contribution is 4.88. The molecule has 1 rings (SSSR count). The Balaban J connectivity index is 2.66. The number of halogens is 1. The van der Waals surface area contributed by atoms with Crippen molar-refractivity contribution in [2.75, 3.05) is 13.7 Å². The molecule has 0 radical (unpaired) electrons. The van der Waals surface area contributed by atoms with Gasteiger partial charge in [-0.25, -0.2) is 4.39 Å². The Hall–Kier alpha value is -0.270. The van der Waals surface area contributed by atoms with Crippen LogP contribution in [0.1, 0.15) is 0 Å². The molecule has 3 N–H and O–H groups in total. The summed E-state index contributed by atoms with van der Waals surface area (Å²) in [4.78, 5) is 0. The number of aliphatic hydroxyl groups is 3. The molecule has 0 saturated carbocycles. The molecule has 0 aromatic carbocycles. The van der Waals surface area contributed by atoms with Crippen LogP contribution < -0.4 is 0 Å². The van der Waals surface area contributed by atoms with Crippen molar-refractivity contribution >= 4 is 0 Å². The maximum Gasteiger partial charge on any atom is 0.186 e. The molecule has 78 valence electrons. The number of alkyl halides is 1. The van der Waals surface area contributed by atoms with Gasteiger partial charge in [0.05, 0.1) is 6.61 Å². The monoisotopic (exact) mass is 195 g/mol. The lowest BCUT2D eigenvalue weighted by atomic mass is 10.0. The Bertz CT molecular complexity index is 147. The fourth-order valence-corrected chi connectivity index (χ4v) is 1.24. The number of methoxy groups -OCH3 is 1. The van der Waals surface area contributed by atoms with Gasteiger partial charge in [0.15, 0.2) is 12.5 Å². The molecule has 0 amide bonds. The lowest BCUT2D eigenvalue weighted by Gasteiger charge is -2.37. The molecule has 0 bridgehead atoms. The van der Waals surface area contributed by atoms with E-state index in [4.69, 9.17) is 14.9 Å². The molecule has 0 aliphatic carbocycles. The molecule has 0 spiro atoms. The molecule has 1 heterocycles. The minimum absolute atomic E-state index is 0.565. The van der Waals surface area contributed by atoms with Gasteiger partial charge in [-0.2, -0.15) is 0 Å². The van der Waals surface area contributed by atoms with E-state index in [-0.39, 0.29) is 0 Å².